The van der Waals surface area contributed by atoms with E-state index in [-0.39, 0.29) is 6.42 Å². The van der Waals surface area contributed by atoms with Crippen molar-refractivity contribution in [3.8, 4) is 0 Å². The maximum absolute atomic E-state index is 13.1. The molecule has 1 unspecified atom stereocenters. The van der Waals surface area contributed by atoms with Gasteiger partial charge in [-0.2, -0.15) is 0 Å². The van der Waals surface area contributed by atoms with Crippen molar-refractivity contribution in [2.24, 2.45) is 0 Å². The standard InChI is InChI=1S/C35H33NO4S/c1-34(2,3)40-33(39)36-24-25(29-21-13-14-22-30(29)36)23-31(32(37)38)41-35(26-15-7-4-8-16-26,27-17-9-5-10-18-27)28-19-11-6-12-20-28/h4-22,24,31H,23H2,1-3H3,(H,37,38). The molecule has 1 heterocycles. The van der Waals surface area contributed by atoms with Crippen LogP contribution >= 0.6 is 11.8 Å². The van der Waals surface area contributed by atoms with Crippen LogP contribution < -0.4 is 0 Å². The molecule has 41 heavy (non-hydrogen) atoms. The fraction of sp³-hybridized carbons (Fsp3) is 0.200. The number of nitrogens with zero attached hydrogens (tertiary/aromatic N) is 1. The molecule has 5 aromatic rings. The van der Waals surface area contributed by atoms with E-state index < -0.39 is 27.7 Å². The molecule has 5 rings (SSSR count). The van der Waals surface area contributed by atoms with E-state index in [9.17, 15) is 14.7 Å². The van der Waals surface area contributed by atoms with Crippen LogP contribution in [-0.4, -0.2) is 32.6 Å². The van der Waals surface area contributed by atoms with Crippen molar-refractivity contribution in [3.05, 3.63) is 144 Å². The average Bonchev–Trinajstić information content (AvgIpc) is 3.34. The minimum absolute atomic E-state index is 0.213. The Balaban J connectivity index is 1.64. The number of carbonyl (C=O) groups excluding carboxylic acids is 1. The normalized spacial score (nSPS) is 12.7. The number of aromatic nitrogens is 1. The van der Waals surface area contributed by atoms with Crippen LogP contribution in [0.15, 0.2) is 121 Å². The van der Waals surface area contributed by atoms with E-state index in [1.54, 1.807) is 6.20 Å². The van der Waals surface area contributed by atoms with Gasteiger partial charge in [-0.25, -0.2) is 4.79 Å². The zero-order chi connectivity index (χ0) is 29.0. The highest BCUT2D eigenvalue weighted by molar-refractivity contribution is 8.01. The molecule has 4 aromatic carbocycles. The molecule has 0 aliphatic carbocycles. The Kier molecular flexibility index (Phi) is 8.04. The highest BCUT2D eigenvalue weighted by atomic mass is 32.2. The summed E-state index contributed by atoms with van der Waals surface area (Å²) < 4.78 is 6.34. The van der Waals surface area contributed by atoms with Crippen molar-refractivity contribution in [1.82, 2.24) is 4.57 Å². The maximum Gasteiger partial charge on any atom is 0.419 e. The smallest absolute Gasteiger partial charge is 0.419 e. The first kappa shape index (κ1) is 28.2. The molecule has 0 bridgehead atoms. The maximum atomic E-state index is 13.1. The monoisotopic (exact) mass is 563 g/mol. The Labute approximate surface area is 244 Å². The highest BCUT2D eigenvalue weighted by Gasteiger charge is 2.41. The first-order valence-electron chi connectivity index (χ1n) is 13.6. The van der Waals surface area contributed by atoms with Gasteiger partial charge < -0.3 is 9.84 Å². The molecule has 0 spiro atoms. The molecule has 6 heteroatoms. The van der Waals surface area contributed by atoms with Crippen molar-refractivity contribution in [2.75, 3.05) is 0 Å². The van der Waals surface area contributed by atoms with Gasteiger partial charge in [-0.05, 0) is 55.5 Å². The van der Waals surface area contributed by atoms with Gasteiger partial charge >= 0.3 is 12.1 Å². The van der Waals surface area contributed by atoms with E-state index in [1.807, 2.05) is 99.6 Å². The van der Waals surface area contributed by atoms with E-state index in [2.05, 4.69) is 36.4 Å². The topological polar surface area (TPSA) is 68.5 Å². The number of hydrogen-bond acceptors (Lipinski definition) is 4. The summed E-state index contributed by atoms with van der Waals surface area (Å²) in [5, 5.41) is 10.6. The minimum Gasteiger partial charge on any atom is -0.480 e. The Morgan fingerprint density at radius 2 is 1.22 bits per heavy atom. The zero-order valence-electron chi connectivity index (χ0n) is 23.4. The van der Waals surface area contributed by atoms with Crippen LogP contribution in [0, 0.1) is 0 Å². The molecule has 0 amide bonds. The Hall–Kier alpha value is -4.29. The fourth-order valence-corrected chi connectivity index (χ4v) is 6.80. The largest absolute Gasteiger partial charge is 0.480 e. The summed E-state index contributed by atoms with van der Waals surface area (Å²) in [6.07, 6.45) is 1.45. The van der Waals surface area contributed by atoms with Crippen LogP contribution in [0.3, 0.4) is 0 Å². The van der Waals surface area contributed by atoms with E-state index >= 15 is 0 Å². The van der Waals surface area contributed by atoms with Crippen LogP contribution in [0.2, 0.25) is 0 Å². The van der Waals surface area contributed by atoms with Crippen molar-refractivity contribution in [1.29, 1.82) is 0 Å². The Bertz CT molecular complexity index is 1540. The number of carboxylic acids is 1. The van der Waals surface area contributed by atoms with Crippen LogP contribution in [0.5, 0.6) is 0 Å². The van der Waals surface area contributed by atoms with E-state index in [0.717, 1.165) is 27.6 Å². The second-order valence-corrected chi connectivity index (χ2v) is 12.4. The Morgan fingerprint density at radius 3 is 1.68 bits per heavy atom. The lowest BCUT2D eigenvalue weighted by molar-refractivity contribution is -0.136. The molecule has 1 atom stereocenters. The Morgan fingerprint density at radius 1 is 0.756 bits per heavy atom. The number of aliphatic carboxylic acids is 1. The second-order valence-electron chi connectivity index (χ2n) is 10.9. The molecule has 0 saturated carbocycles. The molecule has 0 fully saturated rings. The van der Waals surface area contributed by atoms with Crippen molar-refractivity contribution >= 4 is 34.7 Å². The van der Waals surface area contributed by atoms with Crippen LogP contribution in [-0.2, 0) is 20.7 Å². The molecule has 0 aliphatic heterocycles. The summed E-state index contributed by atoms with van der Waals surface area (Å²) in [7, 11) is 0. The van der Waals surface area contributed by atoms with Gasteiger partial charge in [0.1, 0.15) is 10.9 Å². The predicted molar refractivity (Wildman–Crippen MR) is 165 cm³/mol. The summed E-state index contributed by atoms with van der Waals surface area (Å²) in [6.45, 7) is 5.47. The lowest BCUT2D eigenvalue weighted by Gasteiger charge is -2.37. The number of rotatable bonds is 8. The zero-order valence-corrected chi connectivity index (χ0v) is 24.2. The second kappa shape index (κ2) is 11.7. The quantitative estimate of drug-likeness (QED) is 0.193. The third-order valence-electron chi connectivity index (χ3n) is 6.93. The summed E-state index contributed by atoms with van der Waals surface area (Å²) in [6, 6.07) is 37.7. The lowest BCUT2D eigenvalue weighted by atomic mass is 9.84. The van der Waals surface area contributed by atoms with E-state index in [0.29, 0.717) is 5.52 Å². The molecular formula is C35H33NO4S. The molecule has 0 radical (unpaired) electrons. The number of ether oxygens (including phenoxy) is 1. The first-order valence-corrected chi connectivity index (χ1v) is 14.5. The third-order valence-corrected chi connectivity index (χ3v) is 8.64. The molecule has 1 N–H and O–H groups in total. The van der Waals surface area contributed by atoms with Crippen molar-refractivity contribution in [3.63, 3.8) is 0 Å². The number of fused-ring (bicyclic) bond motifs is 1. The average molecular weight is 564 g/mol. The highest BCUT2D eigenvalue weighted by Crippen LogP contribution is 2.51. The summed E-state index contributed by atoms with van der Waals surface area (Å²) in [4.78, 5) is 26.1. The van der Waals surface area contributed by atoms with Gasteiger partial charge in [0.05, 0.1) is 10.3 Å². The van der Waals surface area contributed by atoms with Crippen molar-refractivity contribution < 1.29 is 19.4 Å². The summed E-state index contributed by atoms with van der Waals surface area (Å²) >= 11 is 1.41. The number of thioether (sulfide) groups is 1. The van der Waals surface area contributed by atoms with Gasteiger partial charge in [-0.1, -0.05) is 109 Å². The van der Waals surface area contributed by atoms with E-state index in [4.69, 9.17) is 4.74 Å². The predicted octanol–water partition coefficient (Wildman–Crippen LogP) is 8.15. The van der Waals surface area contributed by atoms with Crippen molar-refractivity contribution in [2.45, 2.75) is 42.8 Å². The molecule has 5 nitrogen and oxygen atoms in total. The molecular weight excluding hydrogens is 530 g/mol. The molecule has 1 aromatic heterocycles. The van der Waals surface area contributed by atoms with Gasteiger partial charge in [0, 0.05) is 11.6 Å². The summed E-state index contributed by atoms with van der Waals surface area (Å²) in [5.74, 6) is -0.920. The number of carbonyl (C=O) groups is 2. The fourth-order valence-electron chi connectivity index (χ4n) is 5.19. The molecule has 0 saturated heterocycles. The van der Waals surface area contributed by atoms with Crippen LogP contribution in [0.1, 0.15) is 43.0 Å². The van der Waals surface area contributed by atoms with Gasteiger partial charge in [0.2, 0.25) is 0 Å². The number of carboxylic acid groups (broad SMARTS) is 1. The van der Waals surface area contributed by atoms with E-state index in [1.165, 1.54) is 16.3 Å². The molecule has 0 aliphatic rings. The first-order chi connectivity index (χ1) is 19.7. The molecule has 208 valence electrons. The van der Waals surface area contributed by atoms with Gasteiger partial charge in [0.25, 0.3) is 0 Å². The van der Waals surface area contributed by atoms with Gasteiger partial charge in [0.15, 0.2) is 0 Å². The van der Waals surface area contributed by atoms with Gasteiger partial charge in [-0.3, -0.25) is 9.36 Å². The number of benzene rings is 4. The van der Waals surface area contributed by atoms with Gasteiger partial charge in [-0.15, -0.1) is 11.8 Å². The van der Waals surface area contributed by atoms with Crippen LogP contribution in [0.4, 0.5) is 4.79 Å². The number of hydrogen-bond donors (Lipinski definition) is 1. The minimum atomic E-state index is -0.920. The number of para-hydroxylation sites is 1. The third kappa shape index (κ3) is 5.93. The summed E-state index contributed by atoms with van der Waals surface area (Å²) in [5.41, 5.74) is 3.77. The lowest BCUT2D eigenvalue weighted by Crippen LogP contribution is -2.32. The SMILES string of the molecule is CC(C)(C)OC(=O)n1cc(CC(SC(c2ccccc2)(c2ccccc2)c2ccccc2)C(=O)O)c2ccccc21. The van der Waals surface area contributed by atoms with Crippen LogP contribution in [0.25, 0.3) is 10.9 Å².